The highest BCUT2D eigenvalue weighted by molar-refractivity contribution is 5.82. The maximum absolute atomic E-state index is 13.0. The highest BCUT2D eigenvalue weighted by atomic mass is 19.4. The molecule has 0 atom stereocenters. The third-order valence-electron chi connectivity index (χ3n) is 3.82. The Balaban J connectivity index is 2.04. The first-order valence-corrected chi connectivity index (χ1v) is 7.29. The van der Waals surface area contributed by atoms with E-state index in [-0.39, 0.29) is 24.6 Å². The Bertz CT molecular complexity index is 798. The molecule has 3 nitrogen and oxygen atoms in total. The van der Waals surface area contributed by atoms with Crippen LogP contribution in [0.1, 0.15) is 17.5 Å². The maximum Gasteiger partial charge on any atom is 0.416 e. The van der Waals surface area contributed by atoms with E-state index in [9.17, 15) is 23.1 Å². The number of carbonyl (C=O) groups is 1. The Hall–Kier alpha value is -2.76. The topological polar surface area (TPSA) is 40.5 Å². The van der Waals surface area contributed by atoms with Gasteiger partial charge in [0.05, 0.1) is 18.5 Å². The molecule has 0 spiro atoms. The molecule has 0 aliphatic carbocycles. The highest BCUT2D eigenvalue weighted by Gasteiger charge is 2.31. The van der Waals surface area contributed by atoms with Crippen molar-refractivity contribution >= 4 is 5.91 Å². The van der Waals surface area contributed by atoms with Crippen molar-refractivity contribution in [2.75, 3.05) is 0 Å². The first-order valence-electron chi connectivity index (χ1n) is 7.29. The van der Waals surface area contributed by atoms with Gasteiger partial charge in [0, 0.05) is 6.20 Å². The van der Waals surface area contributed by atoms with E-state index in [4.69, 9.17) is 0 Å². The summed E-state index contributed by atoms with van der Waals surface area (Å²) < 4.78 is 39.1. The molecule has 0 aromatic heterocycles. The van der Waals surface area contributed by atoms with E-state index < -0.39 is 11.7 Å². The summed E-state index contributed by atoms with van der Waals surface area (Å²) in [7, 11) is 0. The summed E-state index contributed by atoms with van der Waals surface area (Å²) in [6.45, 7) is 0.102. The van der Waals surface area contributed by atoms with Crippen molar-refractivity contribution in [3.8, 4) is 11.1 Å². The summed E-state index contributed by atoms with van der Waals surface area (Å²) >= 11 is 0. The molecule has 2 aromatic rings. The molecule has 3 rings (SSSR count). The summed E-state index contributed by atoms with van der Waals surface area (Å²) in [4.78, 5) is 13.1. The van der Waals surface area contributed by atoms with Crippen LogP contribution in [0.25, 0.3) is 11.1 Å². The molecule has 1 aliphatic heterocycles. The SMILES string of the molecule is O=C1CC(O)=CN1Cc1ccc(C(F)(F)F)cc1-c1ccccc1. The molecule has 24 heavy (non-hydrogen) atoms. The standard InChI is InChI=1S/C18H14F3NO2/c19-18(20,21)14-7-6-13(10-22-11-15(23)9-17(22)24)16(8-14)12-4-2-1-3-5-12/h1-8,11,23H,9-10H2. The number of hydrogen-bond donors (Lipinski definition) is 1. The number of carbonyl (C=O) groups excluding carboxylic acids is 1. The first kappa shape index (κ1) is 16.1. The second kappa shape index (κ2) is 6.03. The predicted octanol–water partition coefficient (Wildman–Crippen LogP) is 4.50. The second-order valence-corrected chi connectivity index (χ2v) is 5.55. The quantitative estimate of drug-likeness (QED) is 0.898. The van der Waals surface area contributed by atoms with E-state index in [1.165, 1.54) is 17.2 Å². The van der Waals surface area contributed by atoms with Gasteiger partial charge in [0.15, 0.2) is 0 Å². The smallest absolute Gasteiger partial charge is 0.416 e. The largest absolute Gasteiger partial charge is 0.510 e. The average Bonchev–Trinajstić information content (AvgIpc) is 2.85. The van der Waals surface area contributed by atoms with E-state index in [1.807, 2.05) is 0 Å². The molecule has 0 radical (unpaired) electrons. The molecule has 2 aromatic carbocycles. The number of halogens is 3. The van der Waals surface area contributed by atoms with E-state index in [1.54, 1.807) is 30.3 Å². The average molecular weight is 333 g/mol. The lowest BCUT2D eigenvalue weighted by Crippen LogP contribution is -2.20. The van der Waals surface area contributed by atoms with Crippen molar-refractivity contribution in [1.29, 1.82) is 0 Å². The van der Waals surface area contributed by atoms with Crippen molar-refractivity contribution in [3.05, 3.63) is 71.6 Å². The second-order valence-electron chi connectivity index (χ2n) is 5.55. The van der Waals surface area contributed by atoms with Gasteiger partial charge < -0.3 is 10.0 Å². The molecule has 1 N–H and O–H groups in total. The predicted molar refractivity (Wildman–Crippen MR) is 82.8 cm³/mol. The van der Waals surface area contributed by atoms with Gasteiger partial charge in [-0.15, -0.1) is 0 Å². The third kappa shape index (κ3) is 3.27. The number of alkyl halides is 3. The Kier molecular flexibility index (Phi) is 4.05. The van der Waals surface area contributed by atoms with Crippen LogP contribution in [-0.4, -0.2) is 15.9 Å². The lowest BCUT2D eigenvalue weighted by atomic mass is 9.96. The van der Waals surface area contributed by atoms with E-state index >= 15 is 0 Å². The summed E-state index contributed by atoms with van der Waals surface area (Å²) in [5, 5.41) is 9.43. The zero-order valence-corrected chi connectivity index (χ0v) is 12.5. The summed E-state index contributed by atoms with van der Waals surface area (Å²) in [6.07, 6.45) is -3.21. The number of aliphatic hydroxyl groups excluding tert-OH is 1. The zero-order valence-electron chi connectivity index (χ0n) is 12.5. The van der Waals surface area contributed by atoms with E-state index in [0.717, 1.165) is 12.1 Å². The molecular formula is C18H14F3NO2. The lowest BCUT2D eigenvalue weighted by molar-refractivity contribution is -0.137. The molecule has 1 amide bonds. The molecule has 0 saturated carbocycles. The van der Waals surface area contributed by atoms with Gasteiger partial charge in [0.1, 0.15) is 5.76 Å². The maximum atomic E-state index is 13.0. The van der Waals surface area contributed by atoms with Gasteiger partial charge >= 0.3 is 6.18 Å². The monoisotopic (exact) mass is 333 g/mol. The molecule has 1 heterocycles. The summed E-state index contributed by atoms with van der Waals surface area (Å²) in [5.41, 5.74) is 0.890. The number of hydrogen-bond acceptors (Lipinski definition) is 2. The van der Waals surface area contributed by atoms with Gasteiger partial charge in [-0.05, 0) is 28.8 Å². The molecule has 1 aliphatic rings. The molecule has 0 fully saturated rings. The Morgan fingerprint density at radius 3 is 2.38 bits per heavy atom. The number of rotatable bonds is 3. The van der Waals surface area contributed by atoms with Crippen LogP contribution in [0.15, 0.2) is 60.5 Å². The minimum absolute atomic E-state index is 0.0480. The normalized spacial score (nSPS) is 14.9. The number of nitrogens with zero attached hydrogens (tertiary/aromatic N) is 1. The van der Waals surface area contributed by atoms with Crippen LogP contribution in [-0.2, 0) is 17.5 Å². The van der Waals surface area contributed by atoms with Crippen molar-refractivity contribution < 1.29 is 23.1 Å². The number of benzene rings is 2. The lowest BCUT2D eigenvalue weighted by Gasteiger charge is -2.18. The van der Waals surface area contributed by atoms with Crippen LogP contribution in [0, 0.1) is 0 Å². The van der Waals surface area contributed by atoms with Crippen LogP contribution in [0.5, 0.6) is 0 Å². The van der Waals surface area contributed by atoms with Crippen molar-refractivity contribution in [3.63, 3.8) is 0 Å². The van der Waals surface area contributed by atoms with E-state index in [0.29, 0.717) is 16.7 Å². The van der Waals surface area contributed by atoms with Crippen molar-refractivity contribution in [2.45, 2.75) is 19.1 Å². The molecule has 124 valence electrons. The van der Waals surface area contributed by atoms with Crippen LogP contribution >= 0.6 is 0 Å². The molecule has 6 heteroatoms. The third-order valence-corrected chi connectivity index (χ3v) is 3.82. The Morgan fingerprint density at radius 2 is 1.79 bits per heavy atom. The van der Waals surface area contributed by atoms with Crippen LogP contribution < -0.4 is 0 Å². The fourth-order valence-electron chi connectivity index (χ4n) is 2.65. The van der Waals surface area contributed by atoms with Gasteiger partial charge in [-0.3, -0.25) is 4.79 Å². The first-order chi connectivity index (χ1) is 11.3. The van der Waals surface area contributed by atoms with Gasteiger partial charge in [-0.1, -0.05) is 36.4 Å². The number of amides is 1. The minimum atomic E-state index is -4.44. The van der Waals surface area contributed by atoms with Crippen LogP contribution in [0.4, 0.5) is 13.2 Å². The Morgan fingerprint density at radius 1 is 1.08 bits per heavy atom. The fourth-order valence-corrected chi connectivity index (χ4v) is 2.65. The van der Waals surface area contributed by atoms with Gasteiger partial charge in [-0.2, -0.15) is 13.2 Å². The molecular weight excluding hydrogens is 319 g/mol. The summed E-state index contributed by atoms with van der Waals surface area (Å²) in [6, 6.07) is 12.2. The zero-order chi connectivity index (χ0) is 17.3. The van der Waals surface area contributed by atoms with E-state index in [2.05, 4.69) is 0 Å². The fraction of sp³-hybridized carbons (Fsp3) is 0.167. The van der Waals surface area contributed by atoms with Gasteiger partial charge in [0.25, 0.3) is 0 Å². The number of aliphatic hydroxyl groups is 1. The van der Waals surface area contributed by atoms with Crippen molar-refractivity contribution in [1.82, 2.24) is 4.90 Å². The highest BCUT2D eigenvalue weighted by Crippen LogP contribution is 2.35. The Labute approximate surface area is 136 Å². The molecule has 0 unspecified atom stereocenters. The van der Waals surface area contributed by atoms with Gasteiger partial charge in [0.2, 0.25) is 5.91 Å². The van der Waals surface area contributed by atoms with Crippen LogP contribution in [0.3, 0.4) is 0 Å². The molecule has 0 saturated heterocycles. The van der Waals surface area contributed by atoms with Crippen molar-refractivity contribution in [2.24, 2.45) is 0 Å². The minimum Gasteiger partial charge on any atom is -0.510 e. The van der Waals surface area contributed by atoms with Gasteiger partial charge in [-0.25, -0.2) is 0 Å². The summed E-state index contributed by atoms with van der Waals surface area (Å²) in [5.74, 6) is -0.334. The molecule has 0 bridgehead atoms. The van der Waals surface area contributed by atoms with Crippen LogP contribution in [0.2, 0.25) is 0 Å².